The maximum absolute atomic E-state index is 12.6. The summed E-state index contributed by atoms with van der Waals surface area (Å²) in [6.07, 6.45) is 2.64. The first kappa shape index (κ1) is 22.5. The summed E-state index contributed by atoms with van der Waals surface area (Å²) in [6.45, 7) is 8.25. The fourth-order valence-corrected chi connectivity index (χ4v) is 2.81. The molecule has 0 unspecified atom stereocenters. The highest BCUT2D eigenvalue weighted by molar-refractivity contribution is 5.92. The van der Waals surface area contributed by atoms with Crippen LogP contribution in [0.3, 0.4) is 0 Å². The van der Waals surface area contributed by atoms with Gasteiger partial charge in [0.05, 0.1) is 0 Å². The number of rotatable bonds is 8. The Kier molecular flexibility index (Phi) is 8.25. The molecule has 0 aliphatic heterocycles. The molecule has 0 aliphatic rings. The van der Waals surface area contributed by atoms with E-state index in [1.165, 1.54) is 0 Å². The Morgan fingerprint density at radius 1 is 1.00 bits per heavy atom. The summed E-state index contributed by atoms with van der Waals surface area (Å²) in [5, 5.41) is 2.92. The molecule has 0 bridgehead atoms. The Labute approximate surface area is 174 Å². The number of hydrogen-bond donors (Lipinski definition) is 1. The van der Waals surface area contributed by atoms with Crippen LogP contribution in [-0.2, 0) is 16.0 Å². The van der Waals surface area contributed by atoms with E-state index in [-0.39, 0.29) is 12.0 Å². The van der Waals surface area contributed by atoms with Gasteiger partial charge in [-0.1, -0.05) is 43.7 Å². The molecule has 2 rings (SSSR count). The lowest BCUT2D eigenvalue weighted by Gasteiger charge is -2.27. The summed E-state index contributed by atoms with van der Waals surface area (Å²) >= 11 is 0. The van der Waals surface area contributed by atoms with Crippen LogP contribution >= 0.6 is 0 Å². The van der Waals surface area contributed by atoms with Gasteiger partial charge in [0.25, 0.3) is 0 Å². The first-order valence-electron chi connectivity index (χ1n) is 10.2. The second-order valence-electron chi connectivity index (χ2n) is 8.07. The van der Waals surface area contributed by atoms with Crippen molar-refractivity contribution in [2.75, 3.05) is 16.8 Å². The normalized spacial score (nSPS) is 11.0. The van der Waals surface area contributed by atoms with Gasteiger partial charge in [-0.05, 0) is 63.4 Å². The maximum atomic E-state index is 12.6. The van der Waals surface area contributed by atoms with E-state index in [1.807, 2.05) is 75.4 Å². The highest BCUT2D eigenvalue weighted by atomic mass is 16.6. The zero-order chi connectivity index (χ0) is 21.3. The van der Waals surface area contributed by atoms with Crippen LogP contribution in [0.5, 0.6) is 0 Å². The quantitative estimate of drug-likeness (QED) is 0.613. The number of ether oxygens (including phenoxy) is 1. The van der Waals surface area contributed by atoms with E-state index in [0.29, 0.717) is 25.1 Å². The van der Waals surface area contributed by atoms with Gasteiger partial charge in [-0.25, -0.2) is 4.79 Å². The molecule has 5 heteroatoms. The van der Waals surface area contributed by atoms with E-state index >= 15 is 0 Å². The van der Waals surface area contributed by atoms with Crippen molar-refractivity contribution >= 4 is 23.4 Å². The Morgan fingerprint density at radius 2 is 1.66 bits per heavy atom. The Morgan fingerprint density at radius 3 is 2.24 bits per heavy atom. The van der Waals surface area contributed by atoms with Gasteiger partial charge in [0.15, 0.2) is 0 Å². The number of nitrogens with one attached hydrogen (secondary N) is 1. The number of benzene rings is 2. The molecule has 0 saturated carbocycles. The summed E-state index contributed by atoms with van der Waals surface area (Å²) in [5.74, 6) is -0.0309. The summed E-state index contributed by atoms with van der Waals surface area (Å²) in [5.41, 5.74) is 2.07. The van der Waals surface area contributed by atoms with Crippen LogP contribution in [0.25, 0.3) is 0 Å². The molecular weight excluding hydrogens is 364 g/mol. The van der Waals surface area contributed by atoms with Crippen LogP contribution in [0.4, 0.5) is 16.2 Å². The summed E-state index contributed by atoms with van der Waals surface area (Å²) in [6, 6.07) is 17.3. The van der Waals surface area contributed by atoms with Crippen molar-refractivity contribution in [1.29, 1.82) is 0 Å². The fourth-order valence-electron chi connectivity index (χ4n) is 2.81. The van der Waals surface area contributed by atoms with E-state index in [2.05, 4.69) is 12.2 Å². The van der Waals surface area contributed by atoms with E-state index in [1.54, 1.807) is 4.90 Å². The SMILES string of the molecule is CCCCN(C(=O)OC(C)(C)C)c1ccc(NC(=O)CCc2ccccc2)cc1. The van der Waals surface area contributed by atoms with Crippen molar-refractivity contribution < 1.29 is 14.3 Å². The molecule has 0 saturated heterocycles. The van der Waals surface area contributed by atoms with Crippen molar-refractivity contribution in [2.24, 2.45) is 0 Å². The third kappa shape index (κ3) is 7.98. The van der Waals surface area contributed by atoms with Crippen molar-refractivity contribution in [1.82, 2.24) is 0 Å². The van der Waals surface area contributed by atoms with Crippen molar-refractivity contribution in [2.45, 2.75) is 59.0 Å². The van der Waals surface area contributed by atoms with Crippen LogP contribution in [0.1, 0.15) is 52.5 Å². The van der Waals surface area contributed by atoms with Crippen LogP contribution in [0.15, 0.2) is 54.6 Å². The molecule has 0 aromatic heterocycles. The van der Waals surface area contributed by atoms with Crippen LogP contribution in [-0.4, -0.2) is 24.1 Å². The Bertz CT molecular complexity index is 780. The molecule has 0 spiro atoms. The van der Waals surface area contributed by atoms with Gasteiger partial charge < -0.3 is 10.1 Å². The molecule has 2 aromatic rings. The number of aryl methyl sites for hydroxylation is 1. The highest BCUT2D eigenvalue weighted by Crippen LogP contribution is 2.21. The number of carbonyl (C=O) groups is 2. The molecule has 0 heterocycles. The van der Waals surface area contributed by atoms with E-state index in [9.17, 15) is 9.59 Å². The van der Waals surface area contributed by atoms with E-state index in [4.69, 9.17) is 4.74 Å². The first-order valence-corrected chi connectivity index (χ1v) is 10.2. The van der Waals surface area contributed by atoms with Gasteiger partial charge >= 0.3 is 6.09 Å². The smallest absolute Gasteiger partial charge is 0.414 e. The molecule has 0 aliphatic carbocycles. The minimum absolute atomic E-state index is 0.0309. The lowest BCUT2D eigenvalue weighted by Crippen LogP contribution is -2.37. The summed E-state index contributed by atoms with van der Waals surface area (Å²) in [7, 11) is 0. The van der Waals surface area contributed by atoms with E-state index in [0.717, 1.165) is 24.1 Å². The predicted octanol–water partition coefficient (Wildman–Crippen LogP) is 5.80. The van der Waals surface area contributed by atoms with Crippen LogP contribution < -0.4 is 10.2 Å². The van der Waals surface area contributed by atoms with Gasteiger partial charge in [-0.2, -0.15) is 0 Å². The highest BCUT2D eigenvalue weighted by Gasteiger charge is 2.23. The molecule has 2 amide bonds. The molecular formula is C24H32N2O3. The average Bonchev–Trinajstić information content (AvgIpc) is 2.67. The fraction of sp³-hybridized carbons (Fsp3) is 0.417. The van der Waals surface area contributed by atoms with Gasteiger partial charge in [0.2, 0.25) is 5.91 Å². The zero-order valence-corrected chi connectivity index (χ0v) is 17.9. The molecule has 0 radical (unpaired) electrons. The second kappa shape index (κ2) is 10.6. The Hall–Kier alpha value is -2.82. The molecule has 29 heavy (non-hydrogen) atoms. The third-order valence-corrected chi connectivity index (χ3v) is 4.30. The summed E-state index contributed by atoms with van der Waals surface area (Å²) in [4.78, 5) is 26.4. The van der Waals surface area contributed by atoms with Gasteiger partial charge in [-0.3, -0.25) is 9.69 Å². The number of hydrogen-bond acceptors (Lipinski definition) is 3. The number of nitrogens with zero attached hydrogens (tertiary/aromatic N) is 1. The Balaban J connectivity index is 1.98. The number of amides is 2. The average molecular weight is 397 g/mol. The minimum Gasteiger partial charge on any atom is -0.443 e. The van der Waals surface area contributed by atoms with Crippen molar-refractivity contribution in [3.05, 3.63) is 60.2 Å². The van der Waals surface area contributed by atoms with Gasteiger partial charge in [-0.15, -0.1) is 0 Å². The number of unbranched alkanes of at least 4 members (excludes halogenated alkanes) is 1. The van der Waals surface area contributed by atoms with E-state index < -0.39 is 5.60 Å². The van der Waals surface area contributed by atoms with Gasteiger partial charge in [0, 0.05) is 24.3 Å². The molecule has 0 fully saturated rings. The topological polar surface area (TPSA) is 58.6 Å². The molecule has 1 N–H and O–H groups in total. The molecule has 5 nitrogen and oxygen atoms in total. The van der Waals surface area contributed by atoms with Crippen LogP contribution in [0.2, 0.25) is 0 Å². The standard InChI is InChI=1S/C24H32N2O3/c1-5-6-18-26(23(28)29-24(2,3)4)21-15-13-20(14-16-21)25-22(27)17-12-19-10-8-7-9-11-19/h7-11,13-16H,5-6,12,17-18H2,1-4H3,(H,25,27). The molecule has 2 aromatic carbocycles. The van der Waals surface area contributed by atoms with Crippen molar-refractivity contribution in [3.8, 4) is 0 Å². The monoisotopic (exact) mass is 396 g/mol. The first-order chi connectivity index (χ1) is 13.8. The van der Waals surface area contributed by atoms with Gasteiger partial charge in [0.1, 0.15) is 5.60 Å². The zero-order valence-electron chi connectivity index (χ0n) is 17.9. The largest absolute Gasteiger partial charge is 0.443 e. The number of anilines is 2. The third-order valence-electron chi connectivity index (χ3n) is 4.30. The lowest BCUT2D eigenvalue weighted by atomic mass is 10.1. The van der Waals surface area contributed by atoms with Crippen LogP contribution in [0, 0.1) is 0 Å². The lowest BCUT2D eigenvalue weighted by molar-refractivity contribution is -0.116. The predicted molar refractivity (Wildman–Crippen MR) is 118 cm³/mol. The van der Waals surface area contributed by atoms with Crippen molar-refractivity contribution in [3.63, 3.8) is 0 Å². The second-order valence-corrected chi connectivity index (χ2v) is 8.07. The minimum atomic E-state index is -0.547. The molecule has 0 atom stereocenters. The maximum Gasteiger partial charge on any atom is 0.414 e. The summed E-state index contributed by atoms with van der Waals surface area (Å²) < 4.78 is 5.54. The number of carbonyl (C=O) groups excluding carboxylic acids is 2. The molecule has 156 valence electrons.